The van der Waals surface area contributed by atoms with Gasteiger partial charge in [0.15, 0.2) is 0 Å². The van der Waals surface area contributed by atoms with Gasteiger partial charge in [0.1, 0.15) is 11.5 Å². The first kappa shape index (κ1) is 18.6. The van der Waals surface area contributed by atoms with Gasteiger partial charge < -0.3 is 9.84 Å². The molecule has 1 N–H and O–H groups in total. The van der Waals surface area contributed by atoms with E-state index in [4.69, 9.17) is 9.72 Å². The van der Waals surface area contributed by atoms with Gasteiger partial charge in [-0.25, -0.2) is 0 Å². The summed E-state index contributed by atoms with van der Waals surface area (Å²) in [7, 11) is 0. The molecule has 28 heavy (non-hydrogen) atoms. The molecule has 0 saturated heterocycles. The molecule has 5 rings (SSSR count). The highest BCUT2D eigenvalue weighted by atomic mass is 16.5. The van der Waals surface area contributed by atoms with Crippen molar-refractivity contribution in [3.63, 3.8) is 0 Å². The van der Waals surface area contributed by atoms with Gasteiger partial charge in [0, 0.05) is 18.0 Å². The smallest absolute Gasteiger partial charge is 0.137 e. The van der Waals surface area contributed by atoms with Crippen molar-refractivity contribution < 1.29 is 14.6 Å². The van der Waals surface area contributed by atoms with Gasteiger partial charge in [-0.2, -0.15) is 0 Å². The van der Waals surface area contributed by atoms with Crippen molar-refractivity contribution in [1.29, 1.82) is 0 Å². The molecule has 0 aromatic carbocycles. The van der Waals surface area contributed by atoms with E-state index in [0.717, 1.165) is 50.0 Å². The predicted octanol–water partition coefficient (Wildman–Crippen LogP) is 4.12. The van der Waals surface area contributed by atoms with Crippen LogP contribution in [0.15, 0.2) is 12.3 Å². The average Bonchev–Trinajstić information content (AvgIpc) is 3.52. The highest BCUT2D eigenvalue weighted by Gasteiger charge is 2.68. The van der Waals surface area contributed by atoms with Gasteiger partial charge in [-0.15, -0.1) is 0 Å². The fourth-order valence-corrected chi connectivity index (χ4v) is 5.83. The van der Waals surface area contributed by atoms with Crippen molar-refractivity contribution in [1.82, 2.24) is 4.98 Å². The Kier molecular flexibility index (Phi) is 4.35. The molecule has 2 atom stereocenters. The van der Waals surface area contributed by atoms with Crippen LogP contribution >= 0.6 is 0 Å². The Labute approximate surface area is 168 Å². The topological polar surface area (TPSA) is 59.4 Å². The van der Waals surface area contributed by atoms with E-state index in [1.54, 1.807) is 0 Å². The van der Waals surface area contributed by atoms with E-state index in [1.165, 1.54) is 18.4 Å². The highest BCUT2D eigenvalue weighted by molar-refractivity contribution is 5.85. The van der Waals surface area contributed by atoms with E-state index in [9.17, 15) is 9.90 Å². The second kappa shape index (κ2) is 6.55. The second-order valence-electron chi connectivity index (χ2n) is 10.4. The molecule has 1 aromatic rings. The Morgan fingerprint density at radius 2 is 2.00 bits per heavy atom. The number of fused-ring (bicyclic) bond motifs is 2. The van der Waals surface area contributed by atoms with Crippen molar-refractivity contribution in [3.05, 3.63) is 23.5 Å². The molecule has 2 unspecified atom stereocenters. The van der Waals surface area contributed by atoms with Gasteiger partial charge in [-0.05, 0) is 86.2 Å². The minimum atomic E-state index is -0.428. The molecule has 1 aromatic heterocycles. The SMILES string of the molecule is CC(C)CCOc1cnc2c(c1)CCC(=O)C1CC1(C1CC(O)(C3CC3)C1)C2. The zero-order valence-corrected chi connectivity index (χ0v) is 17.2. The van der Waals surface area contributed by atoms with Crippen LogP contribution in [0.25, 0.3) is 0 Å². The summed E-state index contributed by atoms with van der Waals surface area (Å²) in [5, 5.41) is 10.8. The summed E-state index contributed by atoms with van der Waals surface area (Å²) in [4.78, 5) is 17.6. The molecule has 3 saturated carbocycles. The maximum absolute atomic E-state index is 12.8. The normalized spacial score (nSPS) is 36.8. The Bertz CT molecular complexity index is 778. The lowest BCUT2D eigenvalue weighted by Gasteiger charge is -2.49. The molecule has 1 heterocycles. The monoisotopic (exact) mass is 383 g/mol. The largest absolute Gasteiger partial charge is 0.492 e. The Morgan fingerprint density at radius 1 is 1.21 bits per heavy atom. The summed E-state index contributed by atoms with van der Waals surface area (Å²) in [6, 6.07) is 2.12. The lowest BCUT2D eigenvalue weighted by atomic mass is 9.59. The Morgan fingerprint density at radius 3 is 2.71 bits per heavy atom. The van der Waals surface area contributed by atoms with E-state index >= 15 is 0 Å². The fraction of sp³-hybridized carbons (Fsp3) is 0.750. The molecule has 0 spiro atoms. The number of Topliss-reactive ketones (excluding diaryl/α,β-unsaturated/α-hetero) is 1. The third-order valence-corrected chi connectivity index (χ3v) is 7.99. The summed E-state index contributed by atoms with van der Waals surface area (Å²) in [5.74, 6) is 3.11. The van der Waals surface area contributed by atoms with Crippen molar-refractivity contribution in [2.24, 2.45) is 29.1 Å². The van der Waals surface area contributed by atoms with Gasteiger partial charge in [0.05, 0.1) is 18.4 Å². The number of ketones is 1. The van der Waals surface area contributed by atoms with E-state index in [0.29, 0.717) is 36.6 Å². The second-order valence-corrected chi connectivity index (χ2v) is 10.4. The van der Waals surface area contributed by atoms with Crippen LogP contribution in [0.4, 0.5) is 0 Å². The average molecular weight is 384 g/mol. The number of nitrogens with zero attached hydrogens (tertiary/aromatic N) is 1. The van der Waals surface area contributed by atoms with Gasteiger partial charge in [0.2, 0.25) is 0 Å². The molecule has 4 aliphatic rings. The van der Waals surface area contributed by atoms with Gasteiger partial charge in [-0.3, -0.25) is 9.78 Å². The minimum Gasteiger partial charge on any atom is -0.492 e. The number of aryl methyl sites for hydroxylation is 1. The summed E-state index contributed by atoms with van der Waals surface area (Å²) in [6.45, 7) is 5.11. The van der Waals surface area contributed by atoms with Crippen molar-refractivity contribution in [2.45, 2.75) is 77.2 Å². The van der Waals surface area contributed by atoms with E-state index in [1.807, 2.05) is 6.20 Å². The third kappa shape index (κ3) is 3.18. The molecule has 0 radical (unpaired) electrons. The van der Waals surface area contributed by atoms with Gasteiger partial charge >= 0.3 is 0 Å². The lowest BCUT2D eigenvalue weighted by Crippen LogP contribution is -2.50. The number of hydrogen-bond donors (Lipinski definition) is 1. The van der Waals surface area contributed by atoms with Crippen molar-refractivity contribution in [2.75, 3.05) is 6.61 Å². The summed E-state index contributed by atoms with van der Waals surface area (Å²) in [5.41, 5.74) is 1.99. The first-order valence-electron chi connectivity index (χ1n) is 11.3. The molecule has 152 valence electrons. The molecule has 0 bridgehead atoms. The molecular weight excluding hydrogens is 350 g/mol. The number of carbonyl (C=O) groups excluding carboxylic acids is 1. The zero-order valence-electron chi connectivity index (χ0n) is 17.2. The summed E-state index contributed by atoms with van der Waals surface area (Å²) >= 11 is 0. The molecule has 4 heteroatoms. The molecule has 0 amide bonds. The summed E-state index contributed by atoms with van der Waals surface area (Å²) in [6.07, 6.45) is 10.4. The number of hydrogen-bond acceptors (Lipinski definition) is 4. The highest BCUT2D eigenvalue weighted by Crippen LogP contribution is 2.69. The van der Waals surface area contributed by atoms with Gasteiger partial charge in [0.25, 0.3) is 0 Å². The molecule has 3 fully saturated rings. The summed E-state index contributed by atoms with van der Waals surface area (Å²) < 4.78 is 5.90. The standard InChI is InChI=1S/C24H33NO3/c1-15(2)7-8-28-19-9-16-3-6-22(26)20-12-23(20,13-21(16)25-14-19)18-10-24(27,11-18)17-4-5-17/h9,14-15,17-18,20,27H,3-8,10-13H2,1-2H3. The number of aliphatic hydroxyl groups is 1. The number of carbonyl (C=O) groups is 1. The van der Waals surface area contributed by atoms with E-state index < -0.39 is 5.60 Å². The molecule has 0 aliphatic heterocycles. The third-order valence-electron chi connectivity index (χ3n) is 7.99. The lowest BCUT2D eigenvalue weighted by molar-refractivity contribution is -0.128. The fourth-order valence-electron chi connectivity index (χ4n) is 5.83. The van der Waals surface area contributed by atoms with Crippen LogP contribution < -0.4 is 4.74 Å². The first-order valence-corrected chi connectivity index (χ1v) is 11.3. The molecule has 4 aliphatic carbocycles. The predicted molar refractivity (Wildman–Crippen MR) is 107 cm³/mol. The number of rotatable bonds is 6. The molecule has 4 nitrogen and oxygen atoms in total. The van der Waals surface area contributed by atoms with Crippen molar-refractivity contribution >= 4 is 5.78 Å². The van der Waals surface area contributed by atoms with Crippen LogP contribution in [0, 0.1) is 29.1 Å². The Hall–Kier alpha value is -1.42. The Balaban J connectivity index is 1.33. The van der Waals surface area contributed by atoms with Crippen molar-refractivity contribution in [3.8, 4) is 5.75 Å². The molecular formula is C24H33NO3. The van der Waals surface area contributed by atoms with Crippen LogP contribution in [0.1, 0.15) is 70.1 Å². The van der Waals surface area contributed by atoms with Crippen LogP contribution in [-0.2, 0) is 17.6 Å². The quantitative estimate of drug-likeness (QED) is 0.803. The maximum Gasteiger partial charge on any atom is 0.137 e. The van der Waals surface area contributed by atoms with Crippen LogP contribution in [-0.4, -0.2) is 28.1 Å². The van der Waals surface area contributed by atoms with E-state index in [2.05, 4.69) is 19.9 Å². The minimum absolute atomic E-state index is 0.0698. The number of pyridine rings is 1. The number of aromatic nitrogens is 1. The maximum atomic E-state index is 12.8. The zero-order chi connectivity index (χ0) is 19.5. The van der Waals surface area contributed by atoms with Gasteiger partial charge in [-0.1, -0.05) is 13.8 Å². The first-order chi connectivity index (χ1) is 13.4. The van der Waals surface area contributed by atoms with Crippen LogP contribution in [0.3, 0.4) is 0 Å². The van der Waals surface area contributed by atoms with Crippen LogP contribution in [0.2, 0.25) is 0 Å². The number of ether oxygens (including phenoxy) is 1. The van der Waals surface area contributed by atoms with E-state index in [-0.39, 0.29) is 11.3 Å². The van der Waals surface area contributed by atoms with Crippen LogP contribution in [0.5, 0.6) is 5.75 Å².